The summed E-state index contributed by atoms with van der Waals surface area (Å²) in [5.41, 5.74) is 5.94. The van der Waals surface area contributed by atoms with Gasteiger partial charge in [0.1, 0.15) is 0 Å². The van der Waals surface area contributed by atoms with E-state index < -0.39 is 0 Å². The lowest BCUT2D eigenvalue weighted by atomic mass is 9.82. The molecule has 0 aromatic heterocycles. The highest BCUT2D eigenvalue weighted by Crippen LogP contribution is 2.26. The Morgan fingerprint density at radius 2 is 2.00 bits per heavy atom. The van der Waals surface area contributed by atoms with Crippen LogP contribution in [0, 0.1) is 5.92 Å². The van der Waals surface area contributed by atoms with Gasteiger partial charge in [0.2, 0.25) is 0 Å². The van der Waals surface area contributed by atoms with Crippen LogP contribution in [0.4, 0.5) is 0 Å². The number of aliphatic hydroxyl groups excluding tert-OH is 1. The van der Waals surface area contributed by atoms with Crippen molar-refractivity contribution in [1.29, 1.82) is 0 Å². The SMILES string of the molecule is NC1CCCCC1CCCO. The van der Waals surface area contributed by atoms with E-state index in [9.17, 15) is 0 Å². The van der Waals surface area contributed by atoms with E-state index in [1.807, 2.05) is 0 Å². The highest BCUT2D eigenvalue weighted by atomic mass is 16.2. The second-order valence-electron chi connectivity index (χ2n) is 3.57. The number of aliphatic hydroxyl groups is 1. The summed E-state index contributed by atoms with van der Waals surface area (Å²) in [6.07, 6.45) is 7.16. The summed E-state index contributed by atoms with van der Waals surface area (Å²) in [5, 5.41) is 8.64. The van der Waals surface area contributed by atoms with Crippen LogP contribution >= 0.6 is 0 Å². The molecule has 3 N–H and O–H groups in total. The Morgan fingerprint density at radius 3 is 2.64 bits per heavy atom. The summed E-state index contributed by atoms with van der Waals surface area (Å²) < 4.78 is 0. The molecule has 0 aliphatic heterocycles. The van der Waals surface area contributed by atoms with Crippen molar-refractivity contribution in [2.24, 2.45) is 11.7 Å². The van der Waals surface area contributed by atoms with Gasteiger partial charge in [0.15, 0.2) is 0 Å². The summed E-state index contributed by atoms with van der Waals surface area (Å²) in [5.74, 6) is 0.691. The Kier molecular flexibility index (Phi) is 3.87. The third-order valence-electron chi connectivity index (χ3n) is 2.70. The van der Waals surface area contributed by atoms with Gasteiger partial charge in [-0.3, -0.25) is 0 Å². The average Bonchev–Trinajstić information content (AvgIpc) is 2.03. The standard InChI is InChI=1S/C9H19NO/c10-9-6-2-1-4-8(9)5-3-7-11/h8-9,11H,1-7,10H2. The molecule has 1 saturated carbocycles. The van der Waals surface area contributed by atoms with Crippen LogP contribution < -0.4 is 5.73 Å². The summed E-state index contributed by atoms with van der Waals surface area (Å²) in [7, 11) is 0. The van der Waals surface area contributed by atoms with Crippen molar-refractivity contribution in [3.8, 4) is 0 Å². The molecule has 66 valence electrons. The van der Waals surface area contributed by atoms with Gasteiger partial charge in [-0.1, -0.05) is 12.8 Å². The van der Waals surface area contributed by atoms with E-state index in [1.54, 1.807) is 0 Å². The first-order valence-electron chi connectivity index (χ1n) is 4.71. The number of hydrogen-bond acceptors (Lipinski definition) is 2. The largest absolute Gasteiger partial charge is 0.396 e. The van der Waals surface area contributed by atoms with Gasteiger partial charge >= 0.3 is 0 Å². The predicted molar refractivity (Wildman–Crippen MR) is 46.3 cm³/mol. The third-order valence-corrected chi connectivity index (χ3v) is 2.70. The van der Waals surface area contributed by atoms with Gasteiger partial charge in [-0.2, -0.15) is 0 Å². The van der Waals surface area contributed by atoms with E-state index >= 15 is 0 Å². The van der Waals surface area contributed by atoms with Crippen LogP contribution in [0.2, 0.25) is 0 Å². The lowest BCUT2D eigenvalue weighted by Crippen LogP contribution is -2.33. The lowest BCUT2D eigenvalue weighted by Gasteiger charge is -2.28. The maximum Gasteiger partial charge on any atom is 0.0431 e. The molecular weight excluding hydrogens is 138 g/mol. The number of nitrogens with two attached hydrogens (primary N) is 1. The fraction of sp³-hybridized carbons (Fsp3) is 1.00. The monoisotopic (exact) mass is 157 g/mol. The minimum Gasteiger partial charge on any atom is -0.396 e. The van der Waals surface area contributed by atoms with Crippen LogP contribution in [-0.2, 0) is 0 Å². The van der Waals surface area contributed by atoms with E-state index in [1.165, 1.54) is 25.7 Å². The van der Waals surface area contributed by atoms with Gasteiger partial charge in [0.05, 0.1) is 0 Å². The van der Waals surface area contributed by atoms with Crippen molar-refractivity contribution in [3.05, 3.63) is 0 Å². The second-order valence-corrected chi connectivity index (χ2v) is 3.57. The Hall–Kier alpha value is -0.0800. The molecule has 1 aliphatic carbocycles. The molecule has 0 aromatic carbocycles. The van der Waals surface area contributed by atoms with Crippen molar-refractivity contribution in [2.45, 2.75) is 44.6 Å². The van der Waals surface area contributed by atoms with Gasteiger partial charge in [0, 0.05) is 12.6 Å². The molecule has 0 radical (unpaired) electrons. The molecule has 1 fully saturated rings. The molecule has 0 saturated heterocycles. The Bertz CT molecular complexity index is 106. The fourth-order valence-electron chi connectivity index (χ4n) is 1.95. The Balaban J connectivity index is 2.18. The minimum atomic E-state index is 0.323. The maximum absolute atomic E-state index is 8.64. The molecule has 2 heteroatoms. The first-order chi connectivity index (χ1) is 5.34. The van der Waals surface area contributed by atoms with E-state index in [-0.39, 0.29) is 0 Å². The molecule has 0 amide bonds. The van der Waals surface area contributed by atoms with Crippen molar-refractivity contribution >= 4 is 0 Å². The number of hydrogen-bond donors (Lipinski definition) is 2. The molecule has 1 aliphatic rings. The Labute approximate surface area is 68.8 Å². The average molecular weight is 157 g/mol. The predicted octanol–water partition coefficient (Wildman–Crippen LogP) is 1.28. The first-order valence-corrected chi connectivity index (χ1v) is 4.71. The van der Waals surface area contributed by atoms with Crippen molar-refractivity contribution < 1.29 is 5.11 Å². The van der Waals surface area contributed by atoms with E-state index in [4.69, 9.17) is 10.8 Å². The maximum atomic E-state index is 8.64. The molecule has 11 heavy (non-hydrogen) atoms. The van der Waals surface area contributed by atoms with E-state index in [0.717, 1.165) is 12.8 Å². The fourth-order valence-corrected chi connectivity index (χ4v) is 1.95. The zero-order valence-corrected chi connectivity index (χ0v) is 7.13. The van der Waals surface area contributed by atoms with Crippen LogP contribution in [0.5, 0.6) is 0 Å². The quantitative estimate of drug-likeness (QED) is 0.648. The van der Waals surface area contributed by atoms with Crippen LogP contribution in [0.15, 0.2) is 0 Å². The summed E-state index contributed by atoms with van der Waals surface area (Å²) >= 11 is 0. The molecule has 2 nitrogen and oxygen atoms in total. The molecule has 0 bridgehead atoms. The minimum absolute atomic E-state index is 0.323. The summed E-state index contributed by atoms with van der Waals surface area (Å²) in [6, 6.07) is 0.412. The zero-order valence-electron chi connectivity index (χ0n) is 7.13. The van der Waals surface area contributed by atoms with Gasteiger partial charge < -0.3 is 10.8 Å². The lowest BCUT2D eigenvalue weighted by molar-refractivity contribution is 0.238. The van der Waals surface area contributed by atoms with Gasteiger partial charge in [0.25, 0.3) is 0 Å². The molecule has 0 spiro atoms. The first kappa shape index (κ1) is 9.01. The molecule has 2 atom stereocenters. The Morgan fingerprint density at radius 1 is 1.27 bits per heavy atom. The summed E-state index contributed by atoms with van der Waals surface area (Å²) in [6.45, 7) is 0.323. The van der Waals surface area contributed by atoms with E-state index in [0.29, 0.717) is 18.6 Å². The summed E-state index contributed by atoms with van der Waals surface area (Å²) in [4.78, 5) is 0. The highest BCUT2D eigenvalue weighted by molar-refractivity contribution is 4.77. The zero-order chi connectivity index (χ0) is 8.10. The normalized spacial score (nSPS) is 32.2. The molecule has 0 aromatic rings. The topological polar surface area (TPSA) is 46.2 Å². The van der Waals surface area contributed by atoms with Gasteiger partial charge in [-0.05, 0) is 31.6 Å². The van der Waals surface area contributed by atoms with Crippen molar-refractivity contribution in [2.75, 3.05) is 6.61 Å². The number of rotatable bonds is 3. The van der Waals surface area contributed by atoms with Crippen molar-refractivity contribution in [1.82, 2.24) is 0 Å². The molecule has 0 heterocycles. The van der Waals surface area contributed by atoms with Gasteiger partial charge in [-0.25, -0.2) is 0 Å². The third kappa shape index (κ3) is 2.80. The van der Waals surface area contributed by atoms with Crippen LogP contribution in [0.3, 0.4) is 0 Å². The smallest absolute Gasteiger partial charge is 0.0431 e. The van der Waals surface area contributed by atoms with Gasteiger partial charge in [-0.15, -0.1) is 0 Å². The van der Waals surface area contributed by atoms with Crippen molar-refractivity contribution in [3.63, 3.8) is 0 Å². The molecule has 1 rings (SSSR count). The van der Waals surface area contributed by atoms with Crippen LogP contribution in [-0.4, -0.2) is 17.8 Å². The van der Waals surface area contributed by atoms with Crippen LogP contribution in [0.1, 0.15) is 38.5 Å². The van der Waals surface area contributed by atoms with Crippen LogP contribution in [0.25, 0.3) is 0 Å². The molecular formula is C9H19NO. The van der Waals surface area contributed by atoms with E-state index in [2.05, 4.69) is 0 Å². The molecule has 2 unspecified atom stereocenters. The highest BCUT2D eigenvalue weighted by Gasteiger charge is 2.20. The second kappa shape index (κ2) is 4.73.